The lowest BCUT2D eigenvalue weighted by Gasteiger charge is -2.07. The van der Waals surface area contributed by atoms with E-state index in [0.717, 1.165) is 17.5 Å². The molecule has 0 saturated carbocycles. The highest BCUT2D eigenvalue weighted by molar-refractivity contribution is 7.99. The molecule has 0 amide bonds. The van der Waals surface area contributed by atoms with Gasteiger partial charge in [0.15, 0.2) is 5.65 Å². The van der Waals surface area contributed by atoms with Crippen LogP contribution in [0.2, 0.25) is 0 Å². The number of nitrogens with zero attached hydrogens (tertiary/aromatic N) is 4. The Kier molecular flexibility index (Phi) is 5.89. The van der Waals surface area contributed by atoms with Crippen LogP contribution in [0, 0.1) is 11.6 Å². The number of aromatic nitrogens is 4. The number of aliphatic carboxylic acids is 1. The normalized spacial score (nSPS) is 11.4. The fraction of sp³-hybridized carbons (Fsp3) is 0.238. The van der Waals surface area contributed by atoms with Crippen molar-refractivity contribution >= 4 is 39.8 Å². The summed E-state index contributed by atoms with van der Waals surface area (Å²) in [5, 5.41) is 18.2. The van der Waals surface area contributed by atoms with Gasteiger partial charge in [-0.1, -0.05) is 23.9 Å². The van der Waals surface area contributed by atoms with Crippen molar-refractivity contribution in [3.8, 4) is 0 Å². The maximum absolute atomic E-state index is 13.9. The Morgan fingerprint density at radius 1 is 1.03 bits per heavy atom. The predicted molar refractivity (Wildman–Crippen MR) is 110 cm³/mol. The number of fused-ring (bicyclic) bond motifs is 3. The van der Waals surface area contributed by atoms with Crippen molar-refractivity contribution in [3.05, 3.63) is 59.7 Å². The molecule has 0 saturated heterocycles. The molecule has 0 atom stereocenters. The van der Waals surface area contributed by atoms with Gasteiger partial charge in [-0.2, -0.15) is 0 Å². The van der Waals surface area contributed by atoms with Gasteiger partial charge in [-0.05, 0) is 48.7 Å². The van der Waals surface area contributed by atoms with Crippen LogP contribution in [0.5, 0.6) is 0 Å². The first-order chi connectivity index (χ1) is 14.5. The van der Waals surface area contributed by atoms with E-state index in [1.165, 1.54) is 36.0 Å². The number of thioether (sulfide) groups is 1. The SMILES string of the molecule is O=C(O)CCCCSc1nnc2c3cc(F)ccc3n(Cc3ccc(F)cc3)c2n1. The van der Waals surface area contributed by atoms with Crippen molar-refractivity contribution in [3.63, 3.8) is 0 Å². The number of benzene rings is 2. The molecular weight excluding hydrogens is 410 g/mol. The Labute approximate surface area is 174 Å². The molecule has 0 aliphatic heterocycles. The van der Waals surface area contributed by atoms with Gasteiger partial charge in [-0.3, -0.25) is 4.79 Å². The molecule has 1 N–H and O–H groups in total. The van der Waals surface area contributed by atoms with Gasteiger partial charge in [0.2, 0.25) is 5.16 Å². The second-order valence-corrected chi connectivity index (χ2v) is 7.90. The minimum Gasteiger partial charge on any atom is -0.481 e. The summed E-state index contributed by atoms with van der Waals surface area (Å²) in [6, 6.07) is 10.7. The molecule has 154 valence electrons. The molecule has 0 spiro atoms. The predicted octanol–water partition coefficient (Wildman–Crippen LogP) is 4.65. The summed E-state index contributed by atoms with van der Waals surface area (Å²) in [5.41, 5.74) is 2.71. The van der Waals surface area contributed by atoms with Crippen LogP contribution in [0.3, 0.4) is 0 Å². The Bertz CT molecular complexity index is 1210. The van der Waals surface area contributed by atoms with E-state index in [1.807, 2.05) is 4.57 Å². The third kappa shape index (κ3) is 4.40. The number of halogens is 2. The summed E-state index contributed by atoms with van der Waals surface area (Å²) >= 11 is 1.40. The molecular formula is C21H18F2N4O2S. The van der Waals surface area contributed by atoms with Gasteiger partial charge in [0.25, 0.3) is 0 Å². The number of carboxylic acid groups (broad SMARTS) is 1. The topological polar surface area (TPSA) is 80.9 Å². The van der Waals surface area contributed by atoms with Gasteiger partial charge < -0.3 is 9.67 Å². The van der Waals surface area contributed by atoms with Crippen LogP contribution in [0.1, 0.15) is 24.8 Å². The molecule has 4 rings (SSSR count). The number of carbonyl (C=O) groups is 1. The van der Waals surface area contributed by atoms with Crippen LogP contribution in [0.25, 0.3) is 22.1 Å². The Hall–Kier alpha value is -3.07. The Morgan fingerprint density at radius 3 is 2.57 bits per heavy atom. The third-order valence-electron chi connectivity index (χ3n) is 4.68. The highest BCUT2D eigenvalue weighted by atomic mass is 32.2. The molecule has 0 aliphatic carbocycles. The largest absolute Gasteiger partial charge is 0.481 e. The fourth-order valence-corrected chi connectivity index (χ4v) is 4.03. The van der Waals surface area contributed by atoms with Gasteiger partial charge in [-0.15, -0.1) is 10.2 Å². The number of carboxylic acids is 1. The maximum Gasteiger partial charge on any atom is 0.303 e. The molecule has 2 aromatic heterocycles. The Balaban J connectivity index is 1.67. The van der Waals surface area contributed by atoms with Crippen LogP contribution >= 0.6 is 11.8 Å². The number of unbranched alkanes of at least 4 members (excludes halogenated alkanes) is 1. The van der Waals surface area contributed by atoms with E-state index >= 15 is 0 Å². The highest BCUT2D eigenvalue weighted by Crippen LogP contribution is 2.29. The van der Waals surface area contributed by atoms with Crippen molar-refractivity contribution in [2.75, 3.05) is 5.75 Å². The van der Waals surface area contributed by atoms with E-state index in [1.54, 1.807) is 18.2 Å². The average Bonchev–Trinajstić information content (AvgIpc) is 3.01. The first-order valence-electron chi connectivity index (χ1n) is 9.42. The van der Waals surface area contributed by atoms with Crippen LogP contribution < -0.4 is 0 Å². The fourth-order valence-electron chi connectivity index (χ4n) is 3.25. The molecule has 0 radical (unpaired) electrons. The summed E-state index contributed by atoms with van der Waals surface area (Å²) in [6.45, 7) is 0.424. The second kappa shape index (κ2) is 8.74. The van der Waals surface area contributed by atoms with E-state index in [9.17, 15) is 13.6 Å². The van der Waals surface area contributed by atoms with Crippen LogP contribution in [-0.2, 0) is 11.3 Å². The molecule has 0 unspecified atom stereocenters. The number of rotatable bonds is 8. The molecule has 2 heterocycles. The summed E-state index contributed by atoms with van der Waals surface area (Å²) in [5.74, 6) is -0.819. The van der Waals surface area contributed by atoms with Gasteiger partial charge in [0, 0.05) is 24.1 Å². The van der Waals surface area contributed by atoms with Crippen molar-refractivity contribution in [2.24, 2.45) is 0 Å². The zero-order chi connectivity index (χ0) is 21.1. The molecule has 0 bridgehead atoms. The van der Waals surface area contributed by atoms with Gasteiger partial charge in [-0.25, -0.2) is 13.8 Å². The molecule has 0 fully saturated rings. The first-order valence-corrected chi connectivity index (χ1v) is 10.4. The molecule has 2 aromatic carbocycles. The summed E-state index contributed by atoms with van der Waals surface area (Å²) in [4.78, 5) is 15.2. The quantitative estimate of drug-likeness (QED) is 0.325. The monoisotopic (exact) mass is 428 g/mol. The van der Waals surface area contributed by atoms with Crippen LogP contribution in [0.4, 0.5) is 8.78 Å². The van der Waals surface area contributed by atoms with Crippen molar-refractivity contribution in [1.29, 1.82) is 0 Å². The number of hydrogen-bond acceptors (Lipinski definition) is 5. The highest BCUT2D eigenvalue weighted by Gasteiger charge is 2.16. The maximum atomic E-state index is 13.9. The van der Waals surface area contributed by atoms with Crippen LogP contribution in [-0.4, -0.2) is 36.6 Å². The van der Waals surface area contributed by atoms with E-state index in [4.69, 9.17) is 5.11 Å². The van der Waals surface area contributed by atoms with Gasteiger partial charge >= 0.3 is 5.97 Å². The minimum atomic E-state index is -0.808. The summed E-state index contributed by atoms with van der Waals surface area (Å²) in [6.07, 6.45) is 1.44. The molecule has 6 nitrogen and oxygen atoms in total. The first kappa shape index (κ1) is 20.2. The van der Waals surface area contributed by atoms with E-state index in [0.29, 0.717) is 40.4 Å². The standard InChI is InChI=1S/C21H18F2N4O2S/c22-14-6-4-13(5-7-14)12-27-17-9-8-15(23)11-16(17)19-20(27)24-21(26-25-19)30-10-2-1-3-18(28)29/h4-9,11H,1-3,10,12H2,(H,28,29). The van der Waals surface area contributed by atoms with Crippen molar-refractivity contribution in [2.45, 2.75) is 31.0 Å². The van der Waals surface area contributed by atoms with Gasteiger partial charge in [0.05, 0.1) is 5.52 Å². The molecule has 9 heteroatoms. The summed E-state index contributed by atoms with van der Waals surface area (Å²) < 4.78 is 29.0. The third-order valence-corrected chi connectivity index (χ3v) is 5.60. The summed E-state index contributed by atoms with van der Waals surface area (Å²) in [7, 11) is 0. The van der Waals surface area contributed by atoms with E-state index in [2.05, 4.69) is 15.2 Å². The molecule has 4 aromatic rings. The lowest BCUT2D eigenvalue weighted by molar-refractivity contribution is -0.137. The smallest absolute Gasteiger partial charge is 0.303 e. The van der Waals surface area contributed by atoms with E-state index < -0.39 is 5.97 Å². The average molecular weight is 428 g/mol. The lowest BCUT2D eigenvalue weighted by atomic mass is 10.2. The van der Waals surface area contributed by atoms with Crippen LogP contribution in [0.15, 0.2) is 47.6 Å². The molecule has 0 aliphatic rings. The van der Waals surface area contributed by atoms with Gasteiger partial charge in [0.1, 0.15) is 17.2 Å². The Morgan fingerprint density at radius 2 is 1.80 bits per heavy atom. The number of hydrogen-bond donors (Lipinski definition) is 1. The van der Waals surface area contributed by atoms with Crippen molar-refractivity contribution < 1.29 is 18.7 Å². The minimum absolute atomic E-state index is 0.135. The van der Waals surface area contributed by atoms with Crippen molar-refractivity contribution in [1.82, 2.24) is 19.7 Å². The zero-order valence-electron chi connectivity index (χ0n) is 15.9. The second-order valence-electron chi connectivity index (χ2n) is 6.84. The zero-order valence-corrected chi connectivity index (χ0v) is 16.7. The molecule has 30 heavy (non-hydrogen) atoms. The lowest BCUT2D eigenvalue weighted by Crippen LogP contribution is -2.02. The van der Waals surface area contributed by atoms with E-state index in [-0.39, 0.29) is 18.1 Å².